The van der Waals surface area contributed by atoms with Gasteiger partial charge in [-0.15, -0.1) is 0 Å². The topological polar surface area (TPSA) is 20.2 Å². The molecule has 0 saturated carbocycles. The number of fused-ring (bicyclic) bond motifs is 5. The lowest BCUT2D eigenvalue weighted by Gasteiger charge is -2.30. The number of hydrogen-bond acceptors (Lipinski definition) is 2. The number of rotatable bonds is 6. The molecule has 0 atom stereocenters. The molecule has 0 spiro atoms. The van der Waals surface area contributed by atoms with Gasteiger partial charge in [0, 0.05) is 56.0 Å². The molecule has 0 bridgehead atoms. The van der Waals surface area contributed by atoms with E-state index in [0.717, 1.165) is 35.7 Å². The van der Waals surface area contributed by atoms with Gasteiger partial charge in [-0.3, -0.25) is 0 Å². The zero-order chi connectivity index (χ0) is 30.5. The molecule has 9 rings (SSSR count). The van der Waals surface area contributed by atoms with Crippen LogP contribution >= 0.6 is 0 Å². The lowest BCUT2D eigenvalue weighted by Crippen LogP contribution is -2.37. The van der Waals surface area contributed by atoms with Crippen LogP contribution in [0.4, 0.5) is 28.4 Å². The van der Waals surface area contributed by atoms with E-state index in [1.54, 1.807) is 0 Å². The molecule has 0 amide bonds. The van der Waals surface area contributed by atoms with Crippen LogP contribution in [-0.4, -0.2) is 11.8 Å². The molecule has 216 valence electrons. The Hall–Kier alpha value is -6.00. The van der Waals surface area contributed by atoms with E-state index in [9.17, 15) is 0 Å². The molecule has 1 aromatic heterocycles. The third kappa shape index (κ3) is 4.30. The summed E-state index contributed by atoms with van der Waals surface area (Å²) < 4.78 is 2.51. The Morgan fingerprint density at radius 1 is 0.500 bits per heavy atom. The van der Waals surface area contributed by atoms with Crippen molar-refractivity contribution in [1.29, 1.82) is 0 Å². The second kappa shape index (κ2) is 10.9. The van der Waals surface area contributed by atoms with Gasteiger partial charge in [0.1, 0.15) is 0 Å². The molecule has 1 aliphatic rings. The number of nitrogens with one attached hydrogen (secondary N) is 1. The van der Waals surface area contributed by atoms with Crippen molar-refractivity contribution in [1.82, 2.24) is 4.57 Å². The molecule has 1 aliphatic heterocycles. The molecular formula is C42H30BN3. The van der Waals surface area contributed by atoms with Gasteiger partial charge in [-0.05, 0) is 71.7 Å². The highest BCUT2D eigenvalue weighted by atomic mass is 15.1. The van der Waals surface area contributed by atoms with Crippen LogP contribution < -0.4 is 21.1 Å². The van der Waals surface area contributed by atoms with Crippen molar-refractivity contribution < 1.29 is 0 Å². The van der Waals surface area contributed by atoms with Crippen molar-refractivity contribution in [3.05, 3.63) is 170 Å². The Morgan fingerprint density at radius 2 is 1.13 bits per heavy atom. The molecule has 0 fully saturated rings. The standard InChI is InChI=1S/C42H30BN3/c1-4-15-29(16-5-1)44-38-25-12-10-21-33(38)36-27-32(45(30-17-6-2-7-18-30)31-19-8-3-9-20-31)28-40-41(36)43-37-24-14-23-35-34-22-11-13-26-39(34)46(40)42(35)37/h1-28,43-44H. The van der Waals surface area contributed by atoms with Gasteiger partial charge >= 0.3 is 0 Å². The number of nitrogens with zero attached hydrogens (tertiary/aromatic N) is 2. The number of aromatic nitrogens is 1. The Bertz CT molecular complexity index is 2320. The van der Waals surface area contributed by atoms with Crippen LogP contribution in [0.5, 0.6) is 0 Å². The molecular weight excluding hydrogens is 557 g/mol. The SMILES string of the molecule is B1c2c(-c3ccccc3Nc3ccccc3)cc(N(c3ccccc3)c3ccccc3)cc2-n2c3ccccc3c3cccc1c32. The predicted octanol–water partition coefficient (Wildman–Crippen LogP) is 9.36. The van der Waals surface area contributed by atoms with E-state index in [2.05, 4.69) is 185 Å². The normalized spacial score (nSPS) is 11.7. The molecule has 7 aromatic carbocycles. The second-order valence-corrected chi connectivity index (χ2v) is 11.9. The quantitative estimate of drug-likeness (QED) is 0.196. The predicted molar refractivity (Wildman–Crippen MR) is 197 cm³/mol. The van der Waals surface area contributed by atoms with Gasteiger partial charge in [-0.2, -0.15) is 0 Å². The van der Waals surface area contributed by atoms with Gasteiger partial charge < -0.3 is 14.8 Å². The van der Waals surface area contributed by atoms with Crippen LogP contribution in [0.3, 0.4) is 0 Å². The van der Waals surface area contributed by atoms with Crippen LogP contribution in [0, 0.1) is 0 Å². The van der Waals surface area contributed by atoms with E-state index in [0.29, 0.717) is 0 Å². The smallest absolute Gasteiger partial charge is 0.198 e. The summed E-state index contributed by atoms with van der Waals surface area (Å²) in [5.74, 6) is 0. The Balaban J connectivity index is 1.37. The third-order valence-electron chi connectivity index (χ3n) is 9.15. The largest absolute Gasteiger partial charge is 0.355 e. The molecule has 1 N–H and O–H groups in total. The summed E-state index contributed by atoms with van der Waals surface area (Å²) in [5, 5.41) is 6.32. The third-order valence-corrected chi connectivity index (χ3v) is 9.15. The van der Waals surface area contributed by atoms with E-state index >= 15 is 0 Å². The fraction of sp³-hybridized carbons (Fsp3) is 0. The van der Waals surface area contributed by atoms with Crippen molar-refractivity contribution in [2.24, 2.45) is 0 Å². The summed E-state index contributed by atoms with van der Waals surface area (Å²) >= 11 is 0. The Labute approximate surface area is 269 Å². The maximum absolute atomic E-state index is 3.73. The minimum absolute atomic E-state index is 0.856. The first-order valence-electron chi connectivity index (χ1n) is 15.8. The van der Waals surface area contributed by atoms with Gasteiger partial charge in [-0.1, -0.05) is 115 Å². The van der Waals surface area contributed by atoms with Gasteiger partial charge in [-0.25, -0.2) is 0 Å². The number of anilines is 5. The second-order valence-electron chi connectivity index (χ2n) is 11.9. The highest BCUT2D eigenvalue weighted by Gasteiger charge is 2.28. The first-order chi connectivity index (χ1) is 22.8. The molecule has 0 unspecified atom stereocenters. The van der Waals surface area contributed by atoms with Crippen molar-refractivity contribution in [2.75, 3.05) is 10.2 Å². The maximum Gasteiger partial charge on any atom is 0.198 e. The zero-order valence-corrected chi connectivity index (χ0v) is 25.3. The first kappa shape index (κ1) is 26.4. The summed E-state index contributed by atoms with van der Waals surface area (Å²) in [7, 11) is 0.856. The van der Waals surface area contributed by atoms with Crippen molar-refractivity contribution in [2.45, 2.75) is 0 Å². The van der Waals surface area contributed by atoms with Crippen LogP contribution in [-0.2, 0) is 0 Å². The van der Waals surface area contributed by atoms with E-state index in [4.69, 9.17) is 0 Å². The van der Waals surface area contributed by atoms with Gasteiger partial charge in [0.25, 0.3) is 0 Å². The molecule has 2 heterocycles. The molecule has 8 aromatic rings. The van der Waals surface area contributed by atoms with Crippen LogP contribution in [0.2, 0.25) is 0 Å². The summed E-state index contributed by atoms with van der Waals surface area (Å²) in [6, 6.07) is 60.9. The average Bonchev–Trinajstić information content (AvgIpc) is 3.46. The Morgan fingerprint density at radius 3 is 1.89 bits per heavy atom. The van der Waals surface area contributed by atoms with E-state index < -0.39 is 0 Å². The molecule has 0 radical (unpaired) electrons. The minimum Gasteiger partial charge on any atom is -0.355 e. The molecule has 46 heavy (non-hydrogen) atoms. The zero-order valence-electron chi connectivity index (χ0n) is 25.3. The number of hydrogen-bond donors (Lipinski definition) is 1. The molecule has 3 nitrogen and oxygen atoms in total. The monoisotopic (exact) mass is 587 g/mol. The number of benzene rings is 7. The average molecular weight is 588 g/mol. The lowest BCUT2D eigenvalue weighted by atomic mass is 9.59. The highest BCUT2D eigenvalue weighted by molar-refractivity contribution is 6.73. The summed E-state index contributed by atoms with van der Waals surface area (Å²) in [6.07, 6.45) is 0. The van der Waals surface area contributed by atoms with Crippen LogP contribution in [0.25, 0.3) is 38.6 Å². The fourth-order valence-corrected chi connectivity index (χ4v) is 7.17. The summed E-state index contributed by atoms with van der Waals surface area (Å²) in [4.78, 5) is 2.38. The van der Waals surface area contributed by atoms with E-state index in [-0.39, 0.29) is 0 Å². The molecule has 0 saturated heterocycles. The van der Waals surface area contributed by atoms with Gasteiger partial charge in [0.2, 0.25) is 0 Å². The van der Waals surface area contributed by atoms with Gasteiger partial charge in [0.15, 0.2) is 7.28 Å². The van der Waals surface area contributed by atoms with E-state index in [1.807, 2.05) is 0 Å². The Kier molecular flexibility index (Phi) is 6.24. The summed E-state index contributed by atoms with van der Waals surface area (Å²) in [6.45, 7) is 0. The molecule has 0 aliphatic carbocycles. The molecule has 4 heteroatoms. The maximum atomic E-state index is 3.73. The van der Waals surface area contributed by atoms with E-state index in [1.165, 1.54) is 49.5 Å². The van der Waals surface area contributed by atoms with Crippen molar-refractivity contribution in [3.63, 3.8) is 0 Å². The lowest BCUT2D eigenvalue weighted by molar-refractivity contribution is 1.18. The fourth-order valence-electron chi connectivity index (χ4n) is 7.17. The van der Waals surface area contributed by atoms with Gasteiger partial charge in [0.05, 0.1) is 5.52 Å². The summed E-state index contributed by atoms with van der Waals surface area (Å²) in [5.41, 5.74) is 14.4. The van der Waals surface area contributed by atoms with Crippen LogP contribution in [0.15, 0.2) is 170 Å². The highest BCUT2D eigenvalue weighted by Crippen LogP contribution is 2.41. The first-order valence-corrected chi connectivity index (χ1v) is 15.8. The van der Waals surface area contributed by atoms with Crippen molar-refractivity contribution in [3.8, 4) is 16.8 Å². The van der Waals surface area contributed by atoms with Crippen molar-refractivity contribution >= 4 is 68.4 Å². The van der Waals surface area contributed by atoms with Crippen LogP contribution in [0.1, 0.15) is 0 Å². The minimum atomic E-state index is 0.856. The number of para-hydroxylation sites is 6.